The van der Waals surface area contributed by atoms with Crippen molar-refractivity contribution in [3.8, 4) is 0 Å². The van der Waals surface area contributed by atoms with E-state index < -0.39 is 53.3 Å². The standard InChI is InChI=1S/C19H24F2N2O5.Li/c1-18(2,3)28-17(27)23-9-14(11-6-12(20)8-13(21)7-11)22(10-15(24)25)16(26)19(23,4)5;/h6-8,14H,9-10H2,1-5H3,(H,24,25);/q;+1/p-1/t14-;/m0./s1. The molecule has 1 heterocycles. The molecule has 29 heavy (non-hydrogen) atoms. The Bertz CT molecular complexity index is 790. The Hall–Kier alpha value is -2.11. The second kappa shape index (κ2) is 8.72. The number of aliphatic carboxylic acids is 1. The van der Waals surface area contributed by atoms with Crippen LogP contribution in [0.5, 0.6) is 0 Å². The fraction of sp³-hybridized carbons (Fsp3) is 0.526. The van der Waals surface area contributed by atoms with Gasteiger partial charge in [0.05, 0.1) is 18.6 Å². The molecule has 10 heteroatoms. The van der Waals surface area contributed by atoms with Gasteiger partial charge in [-0.1, -0.05) is 0 Å². The molecule has 2 amide bonds. The Morgan fingerprint density at radius 2 is 1.72 bits per heavy atom. The van der Waals surface area contributed by atoms with E-state index in [1.807, 2.05) is 0 Å². The van der Waals surface area contributed by atoms with Gasteiger partial charge < -0.3 is 19.5 Å². The summed E-state index contributed by atoms with van der Waals surface area (Å²) in [5.41, 5.74) is -2.24. The number of carboxylic acids is 1. The molecule has 1 fully saturated rings. The summed E-state index contributed by atoms with van der Waals surface area (Å²) < 4.78 is 32.8. The Kier molecular flexibility index (Phi) is 7.49. The predicted molar refractivity (Wildman–Crippen MR) is 92.8 cm³/mol. The van der Waals surface area contributed by atoms with Crippen LogP contribution >= 0.6 is 0 Å². The number of piperazine rings is 1. The Morgan fingerprint density at radius 1 is 1.21 bits per heavy atom. The van der Waals surface area contributed by atoms with Crippen molar-refractivity contribution in [1.82, 2.24) is 9.80 Å². The van der Waals surface area contributed by atoms with E-state index in [0.717, 1.165) is 21.9 Å². The second-order valence-electron chi connectivity index (χ2n) is 8.17. The van der Waals surface area contributed by atoms with Crippen LogP contribution in [-0.4, -0.2) is 52.0 Å². The van der Waals surface area contributed by atoms with Crippen LogP contribution in [0.3, 0.4) is 0 Å². The van der Waals surface area contributed by atoms with Gasteiger partial charge in [-0.25, -0.2) is 13.6 Å². The van der Waals surface area contributed by atoms with Gasteiger partial charge in [-0.15, -0.1) is 0 Å². The molecule has 0 saturated carbocycles. The maximum Gasteiger partial charge on any atom is 1.00 e. The molecule has 2 rings (SSSR count). The molecule has 1 atom stereocenters. The number of amides is 2. The third kappa shape index (κ3) is 5.70. The normalized spacial score (nSPS) is 18.9. The molecule has 1 saturated heterocycles. The van der Waals surface area contributed by atoms with Gasteiger partial charge >= 0.3 is 25.0 Å². The number of hydrogen-bond acceptors (Lipinski definition) is 5. The van der Waals surface area contributed by atoms with Gasteiger partial charge in [0.15, 0.2) is 0 Å². The molecule has 7 nitrogen and oxygen atoms in total. The summed E-state index contributed by atoms with van der Waals surface area (Å²) in [5.74, 6) is -4.01. The minimum absolute atomic E-state index is 0. The molecule has 0 unspecified atom stereocenters. The molecular weight excluding hydrogens is 381 g/mol. The minimum Gasteiger partial charge on any atom is -0.548 e. The quantitative estimate of drug-likeness (QED) is 0.580. The fourth-order valence-electron chi connectivity index (χ4n) is 3.10. The zero-order valence-electron chi connectivity index (χ0n) is 17.4. The van der Waals surface area contributed by atoms with Crippen molar-refractivity contribution in [2.45, 2.75) is 51.8 Å². The first-order chi connectivity index (χ1) is 12.7. The number of hydrogen-bond donors (Lipinski definition) is 0. The van der Waals surface area contributed by atoms with Crippen molar-refractivity contribution in [2.75, 3.05) is 13.1 Å². The molecule has 1 aliphatic rings. The summed E-state index contributed by atoms with van der Waals surface area (Å²) >= 11 is 0. The van der Waals surface area contributed by atoms with Gasteiger partial charge in [0.2, 0.25) is 5.91 Å². The molecule has 0 aliphatic carbocycles. The largest absolute Gasteiger partial charge is 1.00 e. The van der Waals surface area contributed by atoms with Gasteiger partial charge in [-0.2, -0.15) is 0 Å². The summed E-state index contributed by atoms with van der Waals surface area (Å²) in [6.07, 6.45) is -0.791. The van der Waals surface area contributed by atoms with E-state index in [1.54, 1.807) is 20.8 Å². The number of carbonyl (C=O) groups is 3. The molecule has 0 bridgehead atoms. The number of carbonyl (C=O) groups excluding carboxylic acids is 3. The first-order valence-electron chi connectivity index (χ1n) is 8.70. The maximum atomic E-state index is 13.7. The fourth-order valence-corrected chi connectivity index (χ4v) is 3.10. The SMILES string of the molecule is CC(C)(C)OC(=O)N1C[C@@H](c2cc(F)cc(F)c2)N(CC(=O)[O-])C(=O)C1(C)C.[Li+]. The van der Waals surface area contributed by atoms with Crippen LogP contribution in [0.25, 0.3) is 0 Å². The van der Waals surface area contributed by atoms with E-state index >= 15 is 0 Å². The number of carboxylic acid groups (broad SMARTS) is 1. The third-order valence-corrected chi connectivity index (χ3v) is 4.37. The number of halogens is 2. The van der Waals surface area contributed by atoms with Crippen molar-refractivity contribution in [2.24, 2.45) is 0 Å². The van der Waals surface area contributed by atoms with Crippen LogP contribution in [0.1, 0.15) is 46.2 Å². The number of benzene rings is 1. The average molecular weight is 404 g/mol. The van der Waals surface area contributed by atoms with Gasteiger partial charge in [0, 0.05) is 12.6 Å². The van der Waals surface area contributed by atoms with Crippen LogP contribution in [0.15, 0.2) is 18.2 Å². The van der Waals surface area contributed by atoms with E-state index in [9.17, 15) is 28.3 Å². The molecule has 0 radical (unpaired) electrons. The average Bonchev–Trinajstić information content (AvgIpc) is 2.48. The molecule has 1 aromatic carbocycles. The van der Waals surface area contributed by atoms with Crippen molar-refractivity contribution in [3.05, 3.63) is 35.4 Å². The minimum atomic E-state index is -1.53. The summed E-state index contributed by atoms with van der Waals surface area (Å²) in [6, 6.07) is 1.56. The third-order valence-electron chi connectivity index (χ3n) is 4.37. The first-order valence-corrected chi connectivity index (χ1v) is 8.70. The van der Waals surface area contributed by atoms with E-state index in [4.69, 9.17) is 4.74 Å². The molecule has 0 aromatic heterocycles. The number of ether oxygens (including phenoxy) is 1. The van der Waals surface area contributed by atoms with Crippen molar-refractivity contribution >= 4 is 18.0 Å². The molecule has 154 valence electrons. The van der Waals surface area contributed by atoms with Gasteiger partial charge in [-0.3, -0.25) is 9.69 Å². The van der Waals surface area contributed by atoms with Crippen molar-refractivity contribution in [3.63, 3.8) is 0 Å². The van der Waals surface area contributed by atoms with E-state index in [-0.39, 0.29) is 31.0 Å². The first kappa shape index (κ1) is 24.9. The molecule has 1 aliphatic heterocycles. The summed E-state index contributed by atoms with van der Waals surface area (Å²) in [6.45, 7) is 6.88. The number of nitrogens with zero attached hydrogens (tertiary/aromatic N) is 2. The Balaban J connectivity index is 0.00000420. The van der Waals surface area contributed by atoms with Crippen molar-refractivity contribution in [1.29, 1.82) is 0 Å². The molecular formula is C19H23F2LiN2O5. The predicted octanol–water partition coefficient (Wildman–Crippen LogP) is -1.38. The number of rotatable bonds is 3. The van der Waals surface area contributed by atoms with Gasteiger partial charge in [0.25, 0.3) is 0 Å². The van der Waals surface area contributed by atoms with Gasteiger partial charge in [-0.05, 0) is 52.3 Å². The Labute approximate surface area is 180 Å². The van der Waals surface area contributed by atoms with Crippen LogP contribution < -0.4 is 24.0 Å². The monoisotopic (exact) mass is 404 g/mol. The van der Waals surface area contributed by atoms with Gasteiger partial charge in [0.1, 0.15) is 22.8 Å². The zero-order valence-corrected chi connectivity index (χ0v) is 17.4. The van der Waals surface area contributed by atoms with Crippen LogP contribution in [-0.2, 0) is 14.3 Å². The summed E-state index contributed by atoms with van der Waals surface area (Å²) in [5, 5.41) is 11.2. The Morgan fingerprint density at radius 3 is 2.17 bits per heavy atom. The smallest absolute Gasteiger partial charge is 0.548 e. The topological polar surface area (TPSA) is 90.0 Å². The zero-order chi connectivity index (χ0) is 21.4. The maximum absolute atomic E-state index is 13.7. The van der Waals surface area contributed by atoms with E-state index in [2.05, 4.69) is 0 Å². The van der Waals surface area contributed by atoms with E-state index in [0.29, 0.717) is 6.07 Å². The summed E-state index contributed by atoms with van der Waals surface area (Å²) in [7, 11) is 0. The molecule has 0 spiro atoms. The molecule has 0 N–H and O–H groups in total. The summed E-state index contributed by atoms with van der Waals surface area (Å²) in [4.78, 5) is 39.0. The van der Waals surface area contributed by atoms with Crippen molar-refractivity contribution < 1.29 is 51.9 Å². The molecule has 1 aromatic rings. The van der Waals surface area contributed by atoms with Crippen LogP contribution in [0, 0.1) is 11.6 Å². The van der Waals surface area contributed by atoms with E-state index in [1.165, 1.54) is 13.8 Å². The second-order valence-corrected chi connectivity index (χ2v) is 8.17. The van der Waals surface area contributed by atoms with Crippen LogP contribution in [0.2, 0.25) is 0 Å². The van der Waals surface area contributed by atoms with Crippen LogP contribution in [0.4, 0.5) is 13.6 Å².